The molecule has 1 aliphatic rings. The number of halogens is 1. The number of hydrogen-bond donors (Lipinski definition) is 1. The molecule has 4 rings (SSSR count). The molecule has 0 unspecified atom stereocenters. The van der Waals surface area contributed by atoms with Gasteiger partial charge < -0.3 is 10.1 Å². The van der Waals surface area contributed by atoms with E-state index in [0.717, 1.165) is 23.4 Å². The molecule has 0 aliphatic heterocycles. The number of nitrogens with zero attached hydrogens (tertiary/aromatic N) is 2. The Hall–Kier alpha value is -3.13. The third-order valence-electron chi connectivity index (χ3n) is 4.54. The largest absolute Gasteiger partial charge is 0.435 e. The molecule has 1 N–H and O–H groups in total. The van der Waals surface area contributed by atoms with Gasteiger partial charge in [-0.3, -0.25) is 9.59 Å². The lowest BCUT2D eigenvalue weighted by molar-refractivity contribution is -0.115. The number of thiazole rings is 1. The van der Waals surface area contributed by atoms with Gasteiger partial charge in [0.15, 0.2) is 23.0 Å². The van der Waals surface area contributed by atoms with E-state index in [2.05, 4.69) is 15.3 Å². The third-order valence-corrected chi connectivity index (χ3v) is 5.44. The summed E-state index contributed by atoms with van der Waals surface area (Å²) in [5.74, 6) is -0.420. The van der Waals surface area contributed by atoms with Gasteiger partial charge in [-0.25, -0.2) is 14.4 Å². The smallest absolute Gasteiger partial charge is 0.230 e. The highest BCUT2D eigenvalue weighted by atomic mass is 32.1. The molecule has 2 heterocycles. The Balaban J connectivity index is 1.41. The number of aryl methyl sites for hydroxylation is 1. The second-order valence-corrected chi connectivity index (χ2v) is 8.05. The maximum absolute atomic E-state index is 14.4. The lowest BCUT2D eigenvalue weighted by Crippen LogP contribution is -2.14. The van der Waals surface area contributed by atoms with E-state index < -0.39 is 5.82 Å². The van der Waals surface area contributed by atoms with E-state index in [1.165, 1.54) is 35.7 Å². The van der Waals surface area contributed by atoms with Crippen molar-refractivity contribution >= 4 is 28.7 Å². The van der Waals surface area contributed by atoms with Crippen LogP contribution in [-0.4, -0.2) is 22.2 Å². The second kappa shape index (κ2) is 8.08. The Labute approximate surface area is 170 Å². The molecule has 1 aliphatic carbocycles. The van der Waals surface area contributed by atoms with E-state index in [4.69, 9.17) is 4.74 Å². The van der Waals surface area contributed by atoms with Crippen molar-refractivity contribution in [3.63, 3.8) is 0 Å². The predicted octanol–water partition coefficient (Wildman–Crippen LogP) is 4.65. The summed E-state index contributed by atoms with van der Waals surface area (Å²) in [5.41, 5.74) is 1.79. The van der Waals surface area contributed by atoms with E-state index in [9.17, 15) is 14.0 Å². The summed E-state index contributed by atoms with van der Waals surface area (Å²) in [7, 11) is 0. The molecule has 0 saturated heterocycles. The Morgan fingerprint density at radius 3 is 2.93 bits per heavy atom. The number of ether oxygens (including phenoxy) is 1. The number of aldehydes is 1. The minimum absolute atomic E-state index is 0.0117. The van der Waals surface area contributed by atoms with E-state index in [1.54, 1.807) is 12.1 Å². The fraction of sp³-hybridized carbons (Fsp3) is 0.238. The number of anilines is 1. The zero-order chi connectivity index (χ0) is 20.4. The van der Waals surface area contributed by atoms with Crippen molar-refractivity contribution in [3.05, 3.63) is 64.0 Å². The van der Waals surface area contributed by atoms with Crippen LogP contribution in [0.3, 0.4) is 0 Å². The Kier molecular flexibility index (Phi) is 5.35. The highest BCUT2D eigenvalue weighted by Crippen LogP contribution is 2.43. The molecule has 1 saturated carbocycles. The monoisotopic (exact) mass is 411 g/mol. The molecule has 148 valence electrons. The highest BCUT2D eigenvalue weighted by molar-refractivity contribution is 7.15. The number of pyridine rings is 1. The van der Waals surface area contributed by atoms with Crippen molar-refractivity contribution in [1.29, 1.82) is 0 Å². The van der Waals surface area contributed by atoms with Gasteiger partial charge in [0.25, 0.3) is 0 Å². The Morgan fingerprint density at radius 1 is 1.38 bits per heavy atom. The maximum Gasteiger partial charge on any atom is 0.230 e. The maximum atomic E-state index is 14.4. The molecule has 1 fully saturated rings. The summed E-state index contributed by atoms with van der Waals surface area (Å²) in [6.45, 7) is 2.01. The summed E-state index contributed by atoms with van der Waals surface area (Å²) < 4.78 is 19.8. The summed E-state index contributed by atoms with van der Waals surface area (Å²) in [5, 5.41) is 3.36. The summed E-state index contributed by atoms with van der Waals surface area (Å²) in [4.78, 5) is 32.9. The third kappa shape index (κ3) is 4.48. The Bertz CT molecular complexity index is 1080. The molecule has 0 atom stereocenters. The number of carbonyl (C=O) groups is 2. The van der Waals surface area contributed by atoms with Gasteiger partial charge in [0.05, 0.1) is 17.7 Å². The van der Waals surface area contributed by atoms with Crippen LogP contribution in [0.25, 0.3) is 0 Å². The van der Waals surface area contributed by atoms with E-state index in [1.807, 2.05) is 6.92 Å². The summed E-state index contributed by atoms with van der Waals surface area (Å²) in [6, 6.07) is 7.37. The second-order valence-electron chi connectivity index (χ2n) is 6.84. The van der Waals surface area contributed by atoms with Crippen LogP contribution in [0.15, 0.2) is 36.5 Å². The number of hydrogen-bond acceptors (Lipinski definition) is 6. The molecule has 1 aromatic carbocycles. The molecule has 1 amide bonds. The predicted molar refractivity (Wildman–Crippen MR) is 107 cm³/mol. The number of amides is 1. The van der Waals surface area contributed by atoms with Crippen molar-refractivity contribution in [3.8, 4) is 11.6 Å². The number of nitrogens with one attached hydrogen (secondary N) is 1. The van der Waals surface area contributed by atoms with Crippen LogP contribution in [-0.2, 0) is 11.2 Å². The van der Waals surface area contributed by atoms with Crippen LogP contribution in [0, 0.1) is 12.7 Å². The van der Waals surface area contributed by atoms with Crippen molar-refractivity contribution in [1.82, 2.24) is 9.97 Å². The minimum atomic E-state index is -0.640. The highest BCUT2D eigenvalue weighted by Gasteiger charge is 2.28. The van der Waals surface area contributed by atoms with Gasteiger partial charge in [-0.2, -0.15) is 0 Å². The number of rotatable bonds is 7. The number of carbonyl (C=O) groups excluding carboxylic acids is 2. The van der Waals surface area contributed by atoms with Crippen molar-refractivity contribution in [2.75, 3.05) is 5.32 Å². The fourth-order valence-corrected chi connectivity index (χ4v) is 3.88. The molecule has 8 heteroatoms. The molecule has 3 aromatic rings. The molecule has 0 spiro atoms. The normalized spacial score (nSPS) is 13.2. The van der Waals surface area contributed by atoms with Crippen molar-refractivity contribution in [2.45, 2.75) is 32.1 Å². The topological polar surface area (TPSA) is 81.2 Å². The van der Waals surface area contributed by atoms with Crippen LogP contribution >= 0.6 is 11.3 Å². The summed E-state index contributed by atoms with van der Waals surface area (Å²) >= 11 is 1.46. The van der Waals surface area contributed by atoms with Crippen molar-refractivity contribution < 1.29 is 18.7 Å². The molecule has 0 bridgehead atoms. The zero-order valence-corrected chi connectivity index (χ0v) is 16.5. The first-order valence-electron chi connectivity index (χ1n) is 9.17. The molecule has 0 radical (unpaired) electrons. The van der Waals surface area contributed by atoms with Crippen molar-refractivity contribution in [2.24, 2.45) is 0 Å². The van der Waals surface area contributed by atoms with Crippen LogP contribution in [0.5, 0.6) is 11.6 Å². The average molecular weight is 411 g/mol. The first kappa shape index (κ1) is 19.2. The molecule has 2 aromatic heterocycles. The summed E-state index contributed by atoms with van der Waals surface area (Å²) in [6.07, 6.45) is 4.36. The van der Waals surface area contributed by atoms with Crippen LogP contribution in [0.2, 0.25) is 0 Å². The lowest BCUT2D eigenvalue weighted by atomic mass is 10.1. The average Bonchev–Trinajstić information content (AvgIpc) is 3.47. The zero-order valence-electron chi connectivity index (χ0n) is 15.6. The van der Waals surface area contributed by atoms with Gasteiger partial charge in [-0.05, 0) is 49.6 Å². The first-order valence-corrected chi connectivity index (χ1v) is 9.99. The van der Waals surface area contributed by atoms with Crippen LogP contribution in [0.4, 0.5) is 9.52 Å². The number of benzene rings is 1. The Morgan fingerprint density at radius 2 is 2.21 bits per heavy atom. The van der Waals surface area contributed by atoms with E-state index in [-0.39, 0.29) is 29.5 Å². The fourth-order valence-electron chi connectivity index (χ4n) is 2.97. The van der Waals surface area contributed by atoms with Crippen LogP contribution < -0.4 is 10.1 Å². The van der Waals surface area contributed by atoms with Gasteiger partial charge >= 0.3 is 0 Å². The SMILES string of the molecule is Cc1sc(NC(=O)Cc2ccc(Oc3ncccc3C=O)c(F)c2)nc1C1CC1. The quantitative estimate of drug-likeness (QED) is 0.573. The molecule has 6 nitrogen and oxygen atoms in total. The van der Waals surface area contributed by atoms with Gasteiger partial charge in [0.2, 0.25) is 11.8 Å². The van der Waals surface area contributed by atoms with Crippen LogP contribution in [0.1, 0.15) is 45.3 Å². The van der Waals surface area contributed by atoms with Gasteiger partial charge in [-0.1, -0.05) is 6.07 Å². The first-order chi connectivity index (χ1) is 14.0. The molecule has 29 heavy (non-hydrogen) atoms. The van der Waals surface area contributed by atoms with E-state index >= 15 is 0 Å². The minimum Gasteiger partial charge on any atom is -0.435 e. The number of aromatic nitrogens is 2. The molecular formula is C21H18FN3O3S. The van der Waals surface area contributed by atoms with Gasteiger partial charge in [0.1, 0.15) is 0 Å². The lowest BCUT2D eigenvalue weighted by Gasteiger charge is -2.09. The van der Waals surface area contributed by atoms with Gasteiger partial charge in [-0.15, -0.1) is 11.3 Å². The van der Waals surface area contributed by atoms with E-state index in [0.29, 0.717) is 22.9 Å². The standard InChI is InChI=1S/C21H18FN3O3S/c1-12-19(14-5-6-14)25-21(29-12)24-18(27)10-13-4-7-17(16(22)9-13)28-20-15(11-26)3-2-8-23-20/h2-4,7-9,11,14H,5-6,10H2,1H3,(H,24,25,27). The van der Waals surface area contributed by atoms with Gasteiger partial charge in [0, 0.05) is 17.0 Å². The molecular weight excluding hydrogens is 393 g/mol.